The zero-order chi connectivity index (χ0) is 13.5. The van der Waals surface area contributed by atoms with Crippen molar-refractivity contribution in [3.8, 4) is 6.07 Å². The Morgan fingerprint density at radius 3 is 2.26 bits per heavy atom. The van der Waals surface area contributed by atoms with Crippen LogP contribution in [0.15, 0.2) is 54.6 Å². The van der Waals surface area contributed by atoms with Crippen molar-refractivity contribution in [2.75, 3.05) is 7.05 Å². The van der Waals surface area contributed by atoms with Crippen molar-refractivity contribution in [1.82, 2.24) is 4.90 Å². The molecule has 19 heavy (non-hydrogen) atoms. The van der Waals surface area contributed by atoms with Crippen molar-refractivity contribution in [1.29, 1.82) is 5.26 Å². The minimum absolute atomic E-state index is 0.482. The molecule has 0 aliphatic rings. The van der Waals surface area contributed by atoms with Gasteiger partial charge in [-0.05, 0) is 23.7 Å². The molecule has 2 aromatic carbocycles. The molecular formula is C17H18N2. The Balaban J connectivity index is 1.97. The van der Waals surface area contributed by atoms with Crippen LogP contribution in [-0.4, -0.2) is 11.9 Å². The monoisotopic (exact) mass is 250 g/mol. The molecule has 0 atom stereocenters. The van der Waals surface area contributed by atoms with Crippen LogP contribution in [0.2, 0.25) is 0 Å². The maximum atomic E-state index is 8.73. The Morgan fingerprint density at radius 2 is 1.53 bits per heavy atom. The van der Waals surface area contributed by atoms with Crippen LogP contribution in [0.1, 0.15) is 16.7 Å². The van der Waals surface area contributed by atoms with E-state index in [2.05, 4.69) is 54.4 Å². The molecular weight excluding hydrogens is 232 g/mol. The van der Waals surface area contributed by atoms with E-state index in [9.17, 15) is 0 Å². The average molecular weight is 250 g/mol. The predicted octanol–water partition coefficient (Wildman–Crippen LogP) is 3.38. The minimum Gasteiger partial charge on any atom is -0.298 e. The normalized spacial score (nSPS) is 10.4. The van der Waals surface area contributed by atoms with Crippen molar-refractivity contribution < 1.29 is 0 Å². The summed E-state index contributed by atoms with van der Waals surface area (Å²) < 4.78 is 0. The second-order valence-electron chi connectivity index (χ2n) is 4.81. The van der Waals surface area contributed by atoms with Gasteiger partial charge in [0.15, 0.2) is 0 Å². The highest BCUT2D eigenvalue weighted by molar-refractivity contribution is 5.25. The summed E-state index contributed by atoms with van der Waals surface area (Å²) in [4.78, 5) is 2.28. The van der Waals surface area contributed by atoms with Gasteiger partial charge in [-0.1, -0.05) is 54.6 Å². The number of benzene rings is 2. The van der Waals surface area contributed by atoms with E-state index in [1.165, 1.54) is 11.1 Å². The van der Waals surface area contributed by atoms with Crippen LogP contribution in [0.25, 0.3) is 0 Å². The maximum Gasteiger partial charge on any atom is 0.0669 e. The highest BCUT2D eigenvalue weighted by Crippen LogP contribution is 2.10. The van der Waals surface area contributed by atoms with Crippen LogP contribution in [0.5, 0.6) is 0 Å². The molecule has 0 bridgehead atoms. The summed E-state index contributed by atoms with van der Waals surface area (Å²) in [7, 11) is 2.12. The third-order valence-electron chi connectivity index (χ3n) is 3.02. The molecule has 96 valence electrons. The molecule has 0 unspecified atom stereocenters. The summed E-state index contributed by atoms with van der Waals surface area (Å²) in [5.74, 6) is 0. The third-order valence-corrected chi connectivity index (χ3v) is 3.02. The molecule has 0 N–H and O–H groups in total. The summed E-state index contributed by atoms with van der Waals surface area (Å²) >= 11 is 0. The van der Waals surface area contributed by atoms with Crippen LogP contribution < -0.4 is 0 Å². The van der Waals surface area contributed by atoms with Crippen molar-refractivity contribution in [2.45, 2.75) is 19.5 Å². The number of rotatable bonds is 5. The quantitative estimate of drug-likeness (QED) is 0.813. The van der Waals surface area contributed by atoms with Gasteiger partial charge in [-0.2, -0.15) is 5.26 Å². The largest absolute Gasteiger partial charge is 0.298 e. The molecule has 0 fully saturated rings. The van der Waals surface area contributed by atoms with Gasteiger partial charge in [0.2, 0.25) is 0 Å². The van der Waals surface area contributed by atoms with Crippen molar-refractivity contribution in [2.24, 2.45) is 0 Å². The molecule has 2 aromatic rings. The molecule has 0 spiro atoms. The van der Waals surface area contributed by atoms with Crippen molar-refractivity contribution >= 4 is 0 Å². The Morgan fingerprint density at radius 1 is 0.895 bits per heavy atom. The summed E-state index contributed by atoms with van der Waals surface area (Å²) in [6.07, 6.45) is 0.482. The zero-order valence-corrected chi connectivity index (χ0v) is 11.2. The van der Waals surface area contributed by atoms with E-state index in [0.717, 1.165) is 18.7 Å². The van der Waals surface area contributed by atoms with Gasteiger partial charge in [-0.3, -0.25) is 4.90 Å². The lowest BCUT2D eigenvalue weighted by atomic mass is 10.1. The van der Waals surface area contributed by atoms with Gasteiger partial charge in [-0.15, -0.1) is 0 Å². The van der Waals surface area contributed by atoms with Crippen LogP contribution in [-0.2, 0) is 19.5 Å². The Kier molecular flexibility index (Phi) is 4.72. The molecule has 2 heteroatoms. The van der Waals surface area contributed by atoms with Crippen LogP contribution in [0, 0.1) is 11.3 Å². The summed E-state index contributed by atoms with van der Waals surface area (Å²) in [5, 5.41) is 8.73. The van der Waals surface area contributed by atoms with Crippen LogP contribution in [0.3, 0.4) is 0 Å². The molecule has 2 rings (SSSR count). The molecule has 0 amide bonds. The lowest BCUT2D eigenvalue weighted by molar-refractivity contribution is 0.319. The van der Waals surface area contributed by atoms with Crippen molar-refractivity contribution in [3.05, 3.63) is 71.3 Å². The molecule has 0 radical (unpaired) electrons. The molecule has 0 aliphatic heterocycles. The highest BCUT2D eigenvalue weighted by Gasteiger charge is 2.02. The van der Waals surface area contributed by atoms with E-state index >= 15 is 0 Å². The fraction of sp³-hybridized carbons (Fsp3) is 0.235. The molecule has 2 nitrogen and oxygen atoms in total. The van der Waals surface area contributed by atoms with Crippen LogP contribution in [0.4, 0.5) is 0 Å². The van der Waals surface area contributed by atoms with E-state index in [1.807, 2.05) is 18.2 Å². The van der Waals surface area contributed by atoms with Gasteiger partial charge in [0, 0.05) is 13.1 Å². The highest BCUT2D eigenvalue weighted by atomic mass is 15.1. The van der Waals surface area contributed by atoms with Gasteiger partial charge in [0.25, 0.3) is 0 Å². The van der Waals surface area contributed by atoms with Gasteiger partial charge in [0.05, 0.1) is 12.5 Å². The summed E-state index contributed by atoms with van der Waals surface area (Å²) in [6.45, 7) is 1.83. The second-order valence-corrected chi connectivity index (χ2v) is 4.81. The number of hydrogen-bond acceptors (Lipinski definition) is 2. The predicted molar refractivity (Wildman–Crippen MR) is 77.4 cm³/mol. The molecule has 0 saturated heterocycles. The lowest BCUT2D eigenvalue weighted by Gasteiger charge is -2.17. The first kappa shape index (κ1) is 13.3. The van der Waals surface area contributed by atoms with E-state index in [0.29, 0.717) is 6.42 Å². The summed E-state index contributed by atoms with van der Waals surface area (Å²) in [6, 6.07) is 20.9. The number of hydrogen-bond donors (Lipinski definition) is 0. The van der Waals surface area contributed by atoms with E-state index in [4.69, 9.17) is 5.26 Å². The first-order chi connectivity index (χ1) is 9.28. The van der Waals surface area contributed by atoms with Crippen LogP contribution >= 0.6 is 0 Å². The number of nitrogens with zero attached hydrogens (tertiary/aromatic N) is 2. The maximum absolute atomic E-state index is 8.73. The number of nitriles is 1. The van der Waals surface area contributed by atoms with E-state index < -0.39 is 0 Å². The third kappa shape index (κ3) is 4.24. The van der Waals surface area contributed by atoms with E-state index in [-0.39, 0.29) is 0 Å². The molecule has 0 aromatic heterocycles. The summed E-state index contributed by atoms with van der Waals surface area (Å²) in [5.41, 5.74) is 3.66. The Hall–Kier alpha value is -2.11. The topological polar surface area (TPSA) is 27.0 Å². The Bertz CT molecular complexity index is 555. The standard InChI is InChI=1S/C17H18N2/c1-19(13-16-6-3-2-4-7-16)14-17-9-5-8-15(12-17)10-11-18/h2-9,12H,10,13-14H2,1H3. The van der Waals surface area contributed by atoms with E-state index in [1.54, 1.807) is 0 Å². The molecule has 0 aliphatic carbocycles. The first-order valence-electron chi connectivity index (χ1n) is 6.45. The van der Waals surface area contributed by atoms with Crippen molar-refractivity contribution in [3.63, 3.8) is 0 Å². The molecule has 0 heterocycles. The fourth-order valence-corrected chi connectivity index (χ4v) is 2.19. The van der Waals surface area contributed by atoms with Gasteiger partial charge >= 0.3 is 0 Å². The second kappa shape index (κ2) is 6.72. The van der Waals surface area contributed by atoms with Gasteiger partial charge in [0.1, 0.15) is 0 Å². The lowest BCUT2D eigenvalue weighted by Crippen LogP contribution is -2.17. The Labute approximate surface area is 114 Å². The van der Waals surface area contributed by atoms with Gasteiger partial charge < -0.3 is 0 Å². The fourth-order valence-electron chi connectivity index (χ4n) is 2.19. The first-order valence-corrected chi connectivity index (χ1v) is 6.45. The smallest absolute Gasteiger partial charge is 0.0669 e. The molecule has 0 saturated carbocycles. The zero-order valence-electron chi connectivity index (χ0n) is 11.2. The minimum atomic E-state index is 0.482. The average Bonchev–Trinajstić information content (AvgIpc) is 2.40. The van der Waals surface area contributed by atoms with Gasteiger partial charge in [-0.25, -0.2) is 0 Å². The SMILES string of the molecule is CN(Cc1ccccc1)Cc1cccc(CC#N)c1.